The van der Waals surface area contributed by atoms with Crippen molar-refractivity contribution < 1.29 is 4.79 Å². The lowest BCUT2D eigenvalue weighted by Gasteiger charge is -2.44. The van der Waals surface area contributed by atoms with Gasteiger partial charge < -0.3 is 16.4 Å². The van der Waals surface area contributed by atoms with Crippen LogP contribution in [-0.4, -0.2) is 60.4 Å². The first-order valence-electron chi connectivity index (χ1n) is 17.4. The fraction of sp³-hybridized carbons (Fsp3) is 0.302. The van der Waals surface area contributed by atoms with Crippen LogP contribution in [0.5, 0.6) is 0 Å². The number of nitrogens with two attached hydrogens (primary N) is 2. The number of nitrogens with zero attached hydrogens (tertiary/aromatic N) is 3. The molecule has 1 saturated heterocycles. The monoisotopic (exact) mass is 657 g/mol. The van der Waals surface area contributed by atoms with Crippen LogP contribution in [0.25, 0.3) is 21.9 Å². The van der Waals surface area contributed by atoms with E-state index < -0.39 is 0 Å². The molecule has 6 rings (SSSR count). The summed E-state index contributed by atoms with van der Waals surface area (Å²) in [4.78, 5) is 21.3. The Morgan fingerprint density at radius 2 is 1.35 bits per heavy atom. The fourth-order valence-corrected chi connectivity index (χ4v) is 5.87. The molecule has 49 heavy (non-hydrogen) atoms. The molecule has 1 unspecified atom stereocenters. The molecule has 1 aliphatic heterocycles. The van der Waals surface area contributed by atoms with Gasteiger partial charge in [-0.25, -0.2) is 0 Å². The summed E-state index contributed by atoms with van der Waals surface area (Å²) in [6.45, 7) is 12.6. The van der Waals surface area contributed by atoms with Gasteiger partial charge in [0.2, 0.25) is 5.91 Å². The average Bonchev–Trinajstić information content (AvgIpc) is 3.12. The molecule has 4 N–H and O–H groups in total. The molecule has 0 aliphatic carbocycles. The number of carbonyl (C=O) groups is 1. The van der Waals surface area contributed by atoms with Gasteiger partial charge in [-0.15, -0.1) is 0 Å². The van der Waals surface area contributed by atoms with Crippen molar-refractivity contribution in [1.82, 2.24) is 9.80 Å². The number of aryl methyl sites for hydroxylation is 1. The first kappa shape index (κ1) is 38.5. The molecule has 0 bridgehead atoms. The number of amides is 1. The Bertz CT molecular complexity index is 1720. The molecule has 6 heteroatoms. The Morgan fingerprint density at radius 3 is 1.96 bits per heavy atom. The maximum Gasteiger partial charge on any atom is 0.227 e. The maximum atomic E-state index is 13.3. The number of aliphatic imine (C=N–C) groups is 1. The van der Waals surface area contributed by atoms with Gasteiger partial charge in [-0.05, 0) is 72.8 Å². The van der Waals surface area contributed by atoms with Crippen molar-refractivity contribution in [2.75, 3.05) is 26.7 Å². The molecule has 1 fully saturated rings. The van der Waals surface area contributed by atoms with Gasteiger partial charge in [-0.3, -0.25) is 14.7 Å². The molecular weight excluding hydrogens is 603 g/mol. The van der Waals surface area contributed by atoms with Crippen molar-refractivity contribution in [3.63, 3.8) is 0 Å². The predicted octanol–water partition coefficient (Wildman–Crippen LogP) is 8.12. The van der Waals surface area contributed by atoms with E-state index in [1.807, 2.05) is 45.0 Å². The van der Waals surface area contributed by atoms with Crippen LogP contribution in [0.1, 0.15) is 44.4 Å². The van der Waals surface area contributed by atoms with Gasteiger partial charge >= 0.3 is 0 Å². The summed E-state index contributed by atoms with van der Waals surface area (Å²) in [6.07, 6.45) is 1.37. The van der Waals surface area contributed by atoms with Gasteiger partial charge in [0.25, 0.3) is 0 Å². The van der Waals surface area contributed by atoms with E-state index in [4.69, 9.17) is 11.5 Å². The molecule has 5 aromatic carbocycles. The van der Waals surface area contributed by atoms with Gasteiger partial charge in [0.1, 0.15) is 0 Å². The van der Waals surface area contributed by atoms with Crippen molar-refractivity contribution in [3.05, 3.63) is 144 Å². The zero-order valence-electron chi connectivity index (χ0n) is 30.2. The summed E-state index contributed by atoms with van der Waals surface area (Å²) in [7, 11) is 2.16. The van der Waals surface area contributed by atoms with Crippen molar-refractivity contribution in [1.29, 1.82) is 0 Å². The molecule has 0 radical (unpaired) electrons. The number of piperazine rings is 1. The van der Waals surface area contributed by atoms with Crippen LogP contribution >= 0.6 is 0 Å². The summed E-state index contributed by atoms with van der Waals surface area (Å²) >= 11 is 0. The number of hydrogen-bond donors (Lipinski definition) is 2. The van der Waals surface area contributed by atoms with Crippen LogP contribution in [0.15, 0.2) is 132 Å². The molecule has 0 saturated carbocycles. The molecule has 5 aromatic rings. The van der Waals surface area contributed by atoms with Crippen molar-refractivity contribution in [2.45, 2.75) is 59.5 Å². The number of guanidine groups is 1. The number of hydrogen-bond acceptors (Lipinski definition) is 3. The number of carbonyl (C=O) groups excluding carboxylic acids is 1. The fourth-order valence-electron chi connectivity index (χ4n) is 5.87. The molecule has 0 spiro atoms. The van der Waals surface area contributed by atoms with Crippen LogP contribution in [0.2, 0.25) is 0 Å². The normalized spacial score (nSPS) is 15.3. The molecule has 1 amide bonds. The van der Waals surface area contributed by atoms with Crippen LogP contribution in [0, 0.1) is 6.92 Å². The van der Waals surface area contributed by atoms with Crippen molar-refractivity contribution >= 4 is 22.6 Å². The Morgan fingerprint density at radius 1 is 0.755 bits per heavy atom. The molecule has 1 aliphatic rings. The SMILES string of the molecule is CC.CCN=C(N)N.C[C@H]1CN(C(=O)Cc2ccc3ccccc3c2)C(Cc2ccccc2)CN1C.Cc1ccccc1-c1ccccc1. The highest BCUT2D eigenvalue weighted by atomic mass is 16.2. The van der Waals surface area contributed by atoms with Crippen molar-refractivity contribution in [3.8, 4) is 11.1 Å². The Hall–Kier alpha value is -4.94. The van der Waals surface area contributed by atoms with E-state index in [0.29, 0.717) is 19.0 Å². The zero-order chi connectivity index (χ0) is 35.6. The lowest BCUT2D eigenvalue weighted by molar-refractivity contribution is -0.136. The summed E-state index contributed by atoms with van der Waals surface area (Å²) < 4.78 is 0. The van der Waals surface area contributed by atoms with Crippen LogP contribution in [0.3, 0.4) is 0 Å². The molecule has 2 atom stereocenters. The highest BCUT2D eigenvalue weighted by Crippen LogP contribution is 2.23. The van der Waals surface area contributed by atoms with Gasteiger partial charge in [-0.2, -0.15) is 0 Å². The summed E-state index contributed by atoms with van der Waals surface area (Å²) in [5.41, 5.74) is 16.2. The standard InChI is InChI=1S/C25H28N2O.C13H12.C3H9N3.C2H6/c1-19-17-27(24(18-26(19)2)15-20-8-4-3-5-9-20)25(28)16-21-12-13-22-10-6-7-11-23(22)14-21;1-11-7-5-6-10-13(11)12-8-3-2-4-9-12;1-2-6-3(4)5;1-2/h3-14,19,24H,15-18H2,1-2H3;2-10H,1H3;2H2,1H3,(H4,4,5,6);1-2H3/t19-,24?;;;/m0.../s1. The molecule has 0 aromatic heterocycles. The smallest absolute Gasteiger partial charge is 0.227 e. The molecule has 1 heterocycles. The quantitative estimate of drug-likeness (QED) is 0.143. The van der Waals surface area contributed by atoms with Crippen molar-refractivity contribution in [2.24, 2.45) is 16.5 Å². The number of benzene rings is 5. The average molecular weight is 658 g/mol. The summed E-state index contributed by atoms with van der Waals surface area (Å²) in [5.74, 6) is 0.397. The Balaban J connectivity index is 0.000000255. The second kappa shape index (κ2) is 20.4. The third-order valence-electron chi connectivity index (χ3n) is 8.53. The number of fused-ring (bicyclic) bond motifs is 1. The molecular formula is C43H55N5O. The lowest BCUT2D eigenvalue weighted by Crippen LogP contribution is -2.58. The second-order valence-electron chi connectivity index (χ2n) is 12.1. The van der Waals surface area contributed by atoms with E-state index in [0.717, 1.165) is 25.1 Å². The third kappa shape index (κ3) is 12.2. The van der Waals surface area contributed by atoms with Gasteiger partial charge in [0, 0.05) is 31.7 Å². The molecule has 258 valence electrons. The minimum Gasteiger partial charge on any atom is -0.370 e. The second-order valence-corrected chi connectivity index (χ2v) is 12.1. The highest BCUT2D eigenvalue weighted by Gasteiger charge is 2.32. The van der Waals surface area contributed by atoms with Gasteiger partial charge in [-0.1, -0.05) is 141 Å². The number of likely N-dealkylation sites (N-methyl/N-ethyl adjacent to an activating group) is 1. The topological polar surface area (TPSA) is 87.9 Å². The predicted molar refractivity (Wildman–Crippen MR) is 210 cm³/mol. The number of rotatable bonds is 6. The Labute approximate surface area is 294 Å². The van der Waals surface area contributed by atoms with Crippen LogP contribution in [-0.2, 0) is 17.6 Å². The van der Waals surface area contributed by atoms with E-state index >= 15 is 0 Å². The maximum absolute atomic E-state index is 13.3. The van der Waals surface area contributed by atoms with E-state index in [9.17, 15) is 4.79 Å². The first-order chi connectivity index (χ1) is 23.7. The van der Waals surface area contributed by atoms with E-state index in [1.165, 1.54) is 33.0 Å². The third-order valence-corrected chi connectivity index (χ3v) is 8.53. The minimum absolute atomic E-state index is 0.164. The molecule has 6 nitrogen and oxygen atoms in total. The van der Waals surface area contributed by atoms with Crippen LogP contribution < -0.4 is 11.5 Å². The van der Waals surface area contributed by atoms with E-state index in [2.05, 4.69) is 139 Å². The summed E-state index contributed by atoms with van der Waals surface area (Å²) in [5, 5.41) is 2.41. The Kier molecular flexibility index (Phi) is 16.1. The lowest BCUT2D eigenvalue weighted by atomic mass is 9.98. The minimum atomic E-state index is 0.164. The van der Waals surface area contributed by atoms with E-state index in [1.54, 1.807) is 0 Å². The summed E-state index contributed by atoms with van der Waals surface area (Å²) in [6, 6.07) is 44.7. The van der Waals surface area contributed by atoms with E-state index in [-0.39, 0.29) is 17.9 Å². The first-order valence-corrected chi connectivity index (χ1v) is 17.4. The highest BCUT2D eigenvalue weighted by molar-refractivity contribution is 5.85. The van der Waals surface area contributed by atoms with Gasteiger partial charge in [0.05, 0.1) is 6.42 Å². The largest absolute Gasteiger partial charge is 0.370 e. The van der Waals surface area contributed by atoms with Crippen LogP contribution in [0.4, 0.5) is 0 Å². The van der Waals surface area contributed by atoms with Gasteiger partial charge in [0.15, 0.2) is 5.96 Å². The zero-order valence-corrected chi connectivity index (χ0v) is 30.2.